The number of carbonyl (C=O) groups excluding carboxylic acids is 2. The summed E-state index contributed by atoms with van der Waals surface area (Å²) in [5.41, 5.74) is 0.729. The SMILES string of the molecule is COC(=O)C(NC(=O)CCC(C)C)c1ccccc1. The van der Waals surface area contributed by atoms with Crippen molar-refractivity contribution in [3.8, 4) is 0 Å². The first kappa shape index (κ1) is 15.2. The number of amides is 1. The molecular weight excluding hydrogens is 242 g/mol. The van der Waals surface area contributed by atoms with E-state index in [1.54, 1.807) is 12.1 Å². The van der Waals surface area contributed by atoms with Crippen molar-refractivity contribution in [2.45, 2.75) is 32.7 Å². The van der Waals surface area contributed by atoms with Crippen molar-refractivity contribution in [2.24, 2.45) is 5.92 Å². The van der Waals surface area contributed by atoms with E-state index >= 15 is 0 Å². The second-order valence-electron chi connectivity index (χ2n) is 4.87. The van der Waals surface area contributed by atoms with Gasteiger partial charge in [-0.2, -0.15) is 0 Å². The standard InChI is InChI=1S/C15H21NO3/c1-11(2)9-10-13(17)16-14(15(18)19-3)12-7-5-4-6-8-12/h4-8,11,14H,9-10H2,1-3H3,(H,16,17). The molecular formula is C15H21NO3. The van der Waals surface area contributed by atoms with Crippen LogP contribution in [0.5, 0.6) is 0 Å². The number of ether oxygens (including phenoxy) is 1. The van der Waals surface area contributed by atoms with E-state index in [9.17, 15) is 9.59 Å². The molecule has 1 N–H and O–H groups in total. The van der Waals surface area contributed by atoms with Crippen molar-refractivity contribution in [1.29, 1.82) is 0 Å². The molecule has 0 aliphatic heterocycles. The van der Waals surface area contributed by atoms with E-state index < -0.39 is 12.0 Å². The van der Waals surface area contributed by atoms with Crippen LogP contribution in [0.25, 0.3) is 0 Å². The third-order valence-electron chi connectivity index (χ3n) is 2.82. The number of hydrogen-bond acceptors (Lipinski definition) is 3. The van der Waals surface area contributed by atoms with Gasteiger partial charge in [0.25, 0.3) is 0 Å². The second kappa shape index (κ2) is 7.56. The van der Waals surface area contributed by atoms with Gasteiger partial charge in [0.1, 0.15) is 0 Å². The zero-order valence-corrected chi connectivity index (χ0v) is 11.7. The summed E-state index contributed by atoms with van der Waals surface area (Å²) in [5, 5.41) is 2.73. The van der Waals surface area contributed by atoms with Gasteiger partial charge in [0, 0.05) is 6.42 Å². The monoisotopic (exact) mass is 263 g/mol. The van der Waals surface area contributed by atoms with Crippen molar-refractivity contribution < 1.29 is 14.3 Å². The number of rotatable bonds is 6. The van der Waals surface area contributed by atoms with E-state index in [0.29, 0.717) is 12.3 Å². The largest absolute Gasteiger partial charge is 0.467 e. The van der Waals surface area contributed by atoms with E-state index in [1.807, 2.05) is 18.2 Å². The minimum Gasteiger partial charge on any atom is -0.467 e. The number of methoxy groups -OCH3 is 1. The summed E-state index contributed by atoms with van der Waals surface area (Å²) in [6.07, 6.45) is 1.21. The molecule has 0 heterocycles. The zero-order valence-electron chi connectivity index (χ0n) is 11.7. The van der Waals surface area contributed by atoms with E-state index in [4.69, 9.17) is 4.74 Å². The third kappa shape index (κ3) is 5.12. The summed E-state index contributed by atoms with van der Waals surface area (Å²) in [4.78, 5) is 23.6. The normalized spacial score (nSPS) is 12.0. The van der Waals surface area contributed by atoms with Crippen molar-refractivity contribution >= 4 is 11.9 Å². The van der Waals surface area contributed by atoms with Crippen LogP contribution < -0.4 is 5.32 Å². The number of benzene rings is 1. The maximum Gasteiger partial charge on any atom is 0.333 e. The Morgan fingerprint density at radius 1 is 1.21 bits per heavy atom. The highest BCUT2D eigenvalue weighted by Gasteiger charge is 2.23. The fourth-order valence-corrected chi connectivity index (χ4v) is 1.69. The van der Waals surface area contributed by atoms with Crippen molar-refractivity contribution in [3.05, 3.63) is 35.9 Å². The topological polar surface area (TPSA) is 55.4 Å². The Bertz CT molecular complexity index is 415. The van der Waals surface area contributed by atoms with E-state index in [0.717, 1.165) is 12.0 Å². The highest BCUT2D eigenvalue weighted by Crippen LogP contribution is 2.15. The lowest BCUT2D eigenvalue weighted by atomic mass is 10.1. The smallest absolute Gasteiger partial charge is 0.333 e. The van der Waals surface area contributed by atoms with Gasteiger partial charge in [-0.05, 0) is 17.9 Å². The maximum atomic E-state index is 11.8. The lowest BCUT2D eigenvalue weighted by Crippen LogP contribution is -2.34. The van der Waals surface area contributed by atoms with Gasteiger partial charge in [-0.3, -0.25) is 4.79 Å². The van der Waals surface area contributed by atoms with Crippen LogP contribution in [0.4, 0.5) is 0 Å². The fraction of sp³-hybridized carbons (Fsp3) is 0.467. The predicted octanol–water partition coefficient (Wildman–Crippen LogP) is 2.45. The first-order valence-electron chi connectivity index (χ1n) is 6.46. The Balaban J connectivity index is 2.71. The van der Waals surface area contributed by atoms with Crippen LogP contribution in [-0.4, -0.2) is 19.0 Å². The van der Waals surface area contributed by atoms with Gasteiger partial charge >= 0.3 is 5.97 Å². The molecule has 1 atom stereocenters. The number of esters is 1. The first-order valence-corrected chi connectivity index (χ1v) is 6.46. The van der Waals surface area contributed by atoms with Gasteiger partial charge < -0.3 is 10.1 Å². The third-order valence-corrected chi connectivity index (χ3v) is 2.82. The summed E-state index contributed by atoms with van der Waals surface area (Å²) < 4.78 is 4.74. The fourth-order valence-electron chi connectivity index (χ4n) is 1.69. The average molecular weight is 263 g/mol. The minimum absolute atomic E-state index is 0.132. The summed E-state index contributed by atoms with van der Waals surface area (Å²) in [6, 6.07) is 8.37. The molecule has 1 aromatic rings. The molecule has 0 aromatic heterocycles. The summed E-state index contributed by atoms with van der Waals surface area (Å²) in [7, 11) is 1.32. The zero-order chi connectivity index (χ0) is 14.3. The van der Waals surface area contributed by atoms with Gasteiger partial charge in [0.15, 0.2) is 6.04 Å². The van der Waals surface area contributed by atoms with Gasteiger partial charge in [-0.25, -0.2) is 4.79 Å². The Morgan fingerprint density at radius 2 is 1.84 bits per heavy atom. The molecule has 0 saturated heterocycles. The number of hydrogen-bond donors (Lipinski definition) is 1. The van der Waals surface area contributed by atoms with Crippen LogP contribution in [0.15, 0.2) is 30.3 Å². The molecule has 0 bridgehead atoms. The molecule has 0 fully saturated rings. The highest BCUT2D eigenvalue weighted by atomic mass is 16.5. The lowest BCUT2D eigenvalue weighted by Gasteiger charge is -2.17. The molecule has 0 spiro atoms. The summed E-state index contributed by atoms with van der Waals surface area (Å²) >= 11 is 0. The minimum atomic E-state index is -0.731. The molecule has 0 aliphatic rings. The predicted molar refractivity (Wildman–Crippen MR) is 73.4 cm³/mol. The van der Waals surface area contributed by atoms with Crippen molar-refractivity contribution in [1.82, 2.24) is 5.32 Å². The Hall–Kier alpha value is -1.84. The van der Waals surface area contributed by atoms with Crippen LogP contribution in [0.2, 0.25) is 0 Å². The maximum absolute atomic E-state index is 11.8. The molecule has 4 heteroatoms. The average Bonchev–Trinajstić information content (AvgIpc) is 2.42. The quantitative estimate of drug-likeness (QED) is 0.802. The molecule has 0 radical (unpaired) electrons. The summed E-state index contributed by atoms with van der Waals surface area (Å²) in [5.74, 6) is -0.129. The molecule has 1 aromatic carbocycles. The highest BCUT2D eigenvalue weighted by molar-refractivity contribution is 5.85. The Labute approximate surface area is 114 Å². The molecule has 0 saturated carbocycles. The second-order valence-corrected chi connectivity index (χ2v) is 4.87. The summed E-state index contributed by atoms with van der Waals surface area (Å²) in [6.45, 7) is 4.12. The van der Waals surface area contributed by atoms with E-state index in [-0.39, 0.29) is 5.91 Å². The van der Waals surface area contributed by atoms with Crippen LogP contribution in [-0.2, 0) is 14.3 Å². The number of carbonyl (C=O) groups is 2. The molecule has 0 aliphatic carbocycles. The molecule has 19 heavy (non-hydrogen) atoms. The lowest BCUT2D eigenvalue weighted by molar-refractivity contribution is -0.145. The van der Waals surface area contributed by atoms with Gasteiger partial charge in [-0.1, -0.05) is 44.2 Å². The van der Waals surface area contributed by atoms with Crippen LogP contribution in [0.1, 0.15) is 38.3 Å². The van der Waals surface area contributed by atoms with Crippen LogP contribution in [0.3, 0.4) is 0 Å². The van der Waals surface area contributed by atoms with E-state index in [2.05, 4.69) is 19.2 Å². The molecule has 1 unspecified atom stereocenters. The van der Waals surface area contributed by atoms with Crippen molar-refractivity contribution in [2.75, 3.05) is 7.11 Å². The molecule has 4 nitrogen and oxygen atoms in total. The Kier molecular flexibility index (Phi) is 6.06. The van der Waals surface area contributed by atoms with Gasteiger partial charge in [-0.15, -0.1) is 0 Å². The molecule has 1 amide bonds. The van der Waals surface area contributed by atoms with Gasteiger partial charge in [0.05, 0.1) is 7.11 Å². The van der Waals surface area contributed by atoms with Crippen LogP contribution >= 0.6 is 0 Å². The Morgan fingerprint density at radius 3 is 2.37 bits per heavy atom. The molecule has 104 valence electrons. The number of nitrogens with one attached hydrogen (secondary N) is 1. The van der Waals surface area contributed by atoms with Crippen molar-refractivity contribution in [3.63, 3.8) is 0 Å². The van der Waals surface area contributed by atoms with E-state index in [1.165, 1.54) is 7.11 Å². The van der Waals surface area contributed by atoms with Crippen LogP contribution in [0, 0.1) is 5.92 Å². The first-order chi connectivity index (χ1) is 9.04. The van der Waals surface area contributed by atoms with Gasteiger partial charge in [0.2, 0.25) is 5.91 Å². The molecule has 1 rings (SSSR count).